The number of phenolic OH excluding ortho intramolecular Hbond substituents is 5. The lowest BCUT2D eigenvalue weighted by Gasteiger charge is -2.10. The van der Waals surface area contributed by atoms with E-state index in [2.05, 4.69) is 9.47 Å². The van der Waals surface area contributed by atoms with Crippen LogP contribution in [0, 0.1) is 0 Å². The van der Waals surface area contributed by atoms with Gasteiger partial charge in [0.2, 0.25) is 34.5 Å². The van der Waals surface area contributed by atoms with Crippen LogP contribution in [0.25, 0.3) is 0 Å². The molecule has 0 saturated carbocycles. The monoisotopic (exact) mass is 336 g/mol. The van der Waals surface area contributed by atoms with Crippen molar-refractivity contribution in [1.29, 1.82) is 0 Å². The molecule has 2 aromatic carbocycles. The Labute approximate surface area is 134 Å². The largest absolute Gasteiger partial charge is 0.502 e. The molecule has 126 valence electrons. The summed E-state index contributed by atoms with van der Waals surface area (Å²) in [6.45, 7) is 0. The lowest BCUT2D eigenvalue weighted by Crippen LogP contribution is -1.96. The number of hydrogen-bond donors (Lipinski definition) is 5. The number of cyclic esters (lactones) is 2. The molecule has 0 saturated heterocycles. The van der Waals surface area contributed by atoms with Gasteiger partial charge in [0.15, 0.2) is 0 Å². The molecule has 2 aromatic rings. The van der Waals surface area contributed by atoms with Crippen LogP contribution in [0.2, 0.25) is 0 Å². The number of methoxy groups -OCH3 is 1. The molecule has 1 heterocycles. The van der Waals surface area contributed by atoms with Crippen molar-refractivity contribution in [1.82, 2.24) is 0 Å². The third-order valence-electron chi connectivity index (χ3n) is 3.08. The van der Waals surface area contributed by atoms with Crippen molar-refractivity contribution in [2.75, 3.05) is 7.11 Å². The molecule has 0 amide bonds. The summed E-state index contributed by atoms with van der Waals surface area (Å²) in [5.41, 5.74) is 0.718. The Bertz CT molecular complexity index is 764. The number of rotatable bonds is 1. The molecule has 24 heavy (non-hydrogen) atoms. The van der Waals surface area contributed by atoms with Gasteiger partial charge in [0.1, 0.15) is 0 Å². The summed E-state index contributed by atoms with van der Waals surface area (Å²) in [5.74, 6) is -6.19. The first-order valence-corrected chi connectivity index (χ1v) is 6.37. The molecule has 0 aliphatic carbocycles. The average Bonchev–Trinajstić information content (AvgIpc) is 2.87. The van der Waals surface area contributed by atoms with Crippen LogP contribution >= 0.6 is 0 Å². The van der Waals surface area contributed by atoms with Crippen molar-refractivity contribution in [2.45, 2.75) is 0 Å². The maximum atomic E-state index is 10.8. The van der Waals surface area contributed by atoms with E-state index in [0.717, 1.165) is 7.11 Å². The molecular weight excluding hydrogens is 324 g/mol. The summed E-state index contributed by atoms with van der Waals surface area (Å²) < 4.78 is 8.82. The SMILES string of the molecule is COc1c(O)c(O)c(O)c(O)c1O.O=C1OC(=O)c2ccccc21. The standard InChI is InChI=1S/C8H4O3.C7H8O6/c9-7-5-3-1-2-4-6(5)8(10)11-7;1-13-7-5(11)3(9)2(8)4(10)6(7)12/h1-4H;8-12H,1H3. The van der Waals surface area contributed by atoms with E-state index in [9.17, 15) is 9.59 Å². The highest BCUT2D eigenvalue weighted by Crippen LogP contribution is 2.54. The summed E-state index contributed by atoms with van der Waals surface area (Å²) >= 11 is 0. The molecule has 1 aliphatic rings. The molecular formula is C15H12O9. The van der Waals surface area contributed by atoms with Crippen molar-refractivity contribution < 1.29 is 44.6 Å². The zero-order valence-corrected chi connectivity index (χ0v) is 12.2. The van der Waals surface area contributed by atoms with E-state index in [4.69, 9.17) is 25.5 Å². The van der Waals surface area contributed by atoms with Gasteiger partial charge in [0.05, 0.1) is 18.2 Å². The summed E-state index contributed by atoms with van der Waals surface area (Å²) in [6, 6.07) is 6.53. The smallest absolute Gasteiger partial charge is 0.346 e. The van der Waals surface area contributed by atoms with Crippen molar-refractivity contribution in [3.8, 4) is 34.5 Å². The number of esters is 2. The summed E-state index contributed by atoms with van der Waals surface area (Å²) in [5, 5.41) is 45.0. The number of carbonyl (C=O) groups excluding carboxylic acids is 2. The number of hydrogen-bond acceptors (Lipinski definition) is 9. The number of phenols is 5. The van der Waals surface area contributed by atoms with Crippen LogP contribution in [-0.4, -0.2) is 44.6 Å². The maximum Gasteiger partial charge on any atom is 0.346 e. The van der Waals surface area contributed by atoms with Gasteiger partial charge in [-0.2, -0.15) is 0 Å². The van der Waals surface area contributed by atoms with Crippen molar-refractivity contribution in [2.24, 2.45) is 0 Å². The van der Waals surface area contributed by atoms with Gasteiger partial charge < -0.3 is 35.0 Å². The lowest BCUT2D eigenvalue weighted by molar-refractivity contribution is 0.0443. The van der Waals surface area contributed by atoms with E-state index in [1.807, 2.05) is 0 Å². The number of carbonyl (C=O) groups is 2. The van der Waals surface area contributed by atoms with E-state index >= 15 is 0 Å². The molecule has 0 atom stereocenters. The molecule has 5 N–H and O–H groups in total. The molecule has 0 radical (unpaired) electrons. The summed E-state index contributed by atoms with van der Waals surface area (Å²) in [7, 11) is 1.12. The molecule has 0 bridgehead atoms. The van der Waals surface area contributed by atoms with Gasteiger partial charge in [-0.25, -0.2) is 9.59 Å². The Hall–Kier alpha value is -3.62. The van der Waals surface area contributed by atoms with E-state index in [1.165, 1.54) is 0 Å². The summed E-state index contributed by atoms with van der Waals surface area (Å²) in [6.07, 6.45) is 0. The predicted octanol–water partition coefficient (Wildman–Crippen LogP) is 1.22. The molecule has 0 unspecified atom stereocenters. The van der Waals surface area contributed by atoms with Crippen molar-refractivity contribution >= 4 is 11.9 Å². The third kappa shape index (κ3) is 2.70. The highest BCUT2D eigenvalue weighted by atomic mass is 16.6. The quantitative estimate of drug-likeness (QED) is 0.224. The van der Waals surface area contributed by atoms with E-state index in [1.54, 1.807) is 24.3 Å². The second kappa shape index (κ2) is 6.24. The minimum Gasteiger partial charge on any atom is -0.502 e. The second-order valence-corrected chi connectivity index (χ2v) is 4.50. The topological polar surface area (TPSA) is 154 Å². The fourth-order valence-corrected chi connectivity index (χ4v) is 1.89. The van der Waals surface area contributed by atoms with Gasteiger partial charge in [-0.15, -0.1) is 0 Å². The van der Waals surface area contributed by atoms with Gasteiger partial charge in [-0.1, -0.05) is 12.1 Å². The van der Waals surface area contributed by atoms with Gasteiger partial charge in [-0.05, 0) is 12.1 Å². The first kappa shape index (κ1) is 16.7. The van der Waals surface area contributed by atoms with Crippen LogP contribution in [0.1, 0.15) is 20.7 Å². The zero-order valence-electron chi connectivity index (χ0n) is 12.2. The van der Waals surface area contributed by atoms with E-state index in [0.29, 0.717) is 11.1 Å². The first-order chi connectivity index (χ1) is 11.3. The Morgan fingerprint density at radius 1 is 0.750 bits per heavy atom. The Kier molecular flexibility index (Phi) is 4.36. The molecule has 0 fully saturated rings. The maximum absolute atomic E-state index is 10.8. The Morgan fingerprint density at radius 3 is 1.50 bits per heavy atom. The molecule has 0 aromatic heterocycles. The van der Waals surface area contributed by atoms with Crippen LogP contribution in [0.4, 0.5) is 0 Å². The van der Waals surface area contributed by atoms with Crippen LogP contribution < -0.4 is 4.74 Å². The fraction of sp³-hybridized carbons (Fsp3) is 0.0667. The lowest BCUT2D eigenvalue weighted by atomic mass is 10.1. The number of ether oxygens (including phenoxy) is 2. The predicted molar refractivity (Wildman–Crippen MR) is 77.5 cm³/mol. The minimum absolute atomic E-state index is 0.359. The van der Waals surface area contributed by atoms with Crippen molar-refractivity contribution in [3.05, 3.63) is 35.4 Å². The van der Waals surface area contributed by atoms with E-state index in [-0.39, 0.29) is 0 Å². The first-order valence-electron chi connectivity index (χ1n) is 6.37. The van der Waals surface area contributed by atoms with Crippen LogP contribution in [0.5, 0.6) is 34.5 Å². The van der Waals surface area contributed by atoms with Crippen LogP contribution in [-0.2, 0) is 4.74 Å². The second-order valence-electron chi connectivity index (χ2n) is 4.50. The molecule has 0 spiro atoms. The number of benzene rings is 2. The van der Waals surface area contributed by atoms with Crippen LogP contribution in [0.3, 0.4) is 0 Å². The fourth-order valence-electron chi connectivity index (χ4n) is 1.89. The Balaban J connectivity index is 0.000000175. The molecule has 3 rings (SSSR count). The Morgan fingerprint density at radius 2 is 1.12 bits per heavy atom. The number of fused-ring (bicyclic) bond motifs is 1. The highest BCUT2D eigenvalue weighted by molar-refractivity contribution is 6.14. The molecule has 1 aliphatic heterocycles. The van der Waals surface area contributed by atoms with Gasteiger partial charge in [0, 0.05) is 0 Å². The molecule has 9 nitrogen and oxygen atoms in total. The zero-order chi connectivity index (χ0) is 18.0. The highest BCUT2D eigenvalue weighted by Gasteiger charge is 2.28. The van der Waals surface area contributed by atoms with Gasteiger partial charge in [-0.3, -0.25) is 0 Å². The number of aromatic hydroxyl groups is 5. The molecule has 9 heteroatoms. The van der Waals surface area contributed by atoms with Gasteiger partial charge >= 0.3 is 11.9 Å². The minimum atomic E-state index is -1.00. The average molecular weight is 336 g/mol. The van der Waals surface area contributed by atoms with E-state index < -0.39 is 46.4 Å². The van der Waals surface area contributed by atoms with Gasteiger partial charge in [0.25, 0.3) is 0 Å². The van der Waals surface area contributed by atoms with Crippen LogP contribution in [0.15, 0.2) is 24.3 Å². The normalized spacial score (nSPS) is 12.0. The van der Waals surface area contributed by atoms with Crippen molar-refractivity contribution in [3.63, 3.8) is 0 Å². The summed E-state index contributed by atoms with van der Waals surface area (Å²) in [4.78, 5) is 21.7. The third-order valence-corrected chi connectivity index (χ3v) is 3.08.